The monoisotopic (exact) mass is 207 g/mol. The fraction of sp³-hybridized carbons (Fsp3) is 0.538. The first-order chi connectivity index (χ1) is 7.11. The minimum absolute atomic E-state index is 0.221. The summed E-state index contributed by atoms with van der Waals surface area (Å²) in [4.78, 5) is 0. The topological polar surface area (TPSA) is 32.3 Å². The van der Waals surface area contributed by atoms with Crippen molar-refractivity contribution in [1.82, 2.24) is 5.32 Å². The van der Waals surface area contributed by atoms with Gasteiger partial charge in [-0.15, -0.1) is 0 Å². The predicted molar refractivity (Wildman–Crippen MR) is 63.9 cm³/mol. The highest BCUT2D eigenvalue weighted by Gasteiger charge is 2.06. The molecule has 0 aromatic heterocycles. The van der Waals surface area contributed by atoms with Crippen molar-refractivity contribution < 1.29 is 5.11 Å². The third-order valence-corrected chi connectivity index (χ3v) is 2.67. The van der Waals surface area contributed by atoms with Crippen LogP contribution < -0.4 is 5.32 Å². The van der Waals surface area contributed by atoms with Gasteiger partial charge in [0.1, 0.15) is 0 Å². The van der Waals surface area contributed by atoms with Crippen molar-refractivity contribution in [3.05, 3.63) is 35.4 Å². The highest BCUT2D eigenvalue weighted by Crippen LogP contribution is 2.16. The molecule has 0 spiro atoms. The Bertz CT molecular complexity index is 296. The first kappa shape index (κ1) is 12.2. The minimum atomic E-state index is -0.221. The standard InChI is InChI=1S/C13H21NO/c1-10-6-4-5-7-13(10)12(3)14-9-8-11(2)15/h4-7,11-12,14-15H,8-9H2,1-3H3/t11-,12+/m0/s1. The van der Waals surface area contributed by atoms with E-state index in [0.29, 0.717) is 6.04 Å². The van der Waals surface area contributed by atoms with Crippen molar-refractivity contribution in [2.45, 2.75) is 39.3 Å². The number of aliphatic hydroxyl groups is 1. The van der Waals surface area contributed by atoms with E-state index in [9.17, 15) is 0 Å². The van der Waals surface area contributed by atoms with Crippen LogP contribution in [-0.4, -0.2) is 17.8 Å². The second-order valence-electron chi connectivity index (χ2n) is 4.17. The van der Waals surface area contributed by atoms with Gasteiger partial charge in [-0.2, -0.15) is 0 Å². The second-order valence-corrected chi connectivity index (χ2v) is 4.17. The molecule has 0 heterocycles. The molecule has 2 atom stereocenters. The zero-order valence-electron chi connectivity index (χ0n) is 9.83. The molecule has 15 heavy (non-hydrogen) atoms. The van der Waals surface area contributed by atoms with Crippen molar-refractivity contribution in [3.63, 3.8) is 0 Å². The average molecular weight is 207 g/mol. The molecule has 2 N–H and O–H groups in total. The second kappa shape index (κ2) is 5.89. The predicted octanol–water partition coefficient (Wildman–Crippen LogP) is 2.42. The Morgan fingerprint density at radius 2 is 1.93 bits per heavy atom. The molecule has 84 valence electrons. The Labute approximate surface area is 92.3 Å². The SMILES string of the molecule is Cc1ccccc1[C@@H](C)NCC[C@H](C)O. The van der Waals surface area contributed by atoms with E-state index in [0.717, 1.165) is 13.0 Å². The summed E-state index contributed by atoms with van der Waals surface area (Å²) in [6, 6.07) is 8.75. The van der Waals surface area contributed by atoms with Gasteiger partial charge in [0.05, 0.1) is 6.10 Å². The van der Waals surface area contributed by atoms with E-state index in [4.69, 9.17) is 5.11 Å². The molecule has 0 radical (unpaired) electrons. The molecule has 0 aliphatic carbocycles. The molecule has 0 aliphatic heterocycles. The molecule has 2 nitrogen and oxygen atoms in total. The van der Waals surface area contributed by atoms with Crippen molar-refractivity contribution in [3.8, 4) is 0 Å². The molecule has 0 saturated carbocycles. The summed E-state index contributed by atoms with van der Waals surface area (Å²) >= 11 is 0. The van der Waals surface area contributed by atoms with Gasteiger partial charge < -0.3 is 10.4 Å². The summed E-state index contributed by atoms with van der Waals surface area (Å²) in [7, 11) is 0. The van der Waals surface area contributed by atoms with E-state index in [1.165, 1.54) is 11.1 Å². The van der Waals surface area contributed by atoms with Crippen LogP contribution in [0.2, 0.25) is 0 Å². The fourth-order valence-electron chi connectivity index (χ4n) is 1.69. The van der Waals surface area contributed by atoms with Gasteiger partial charge in [0, 0.05) is 6.04 Å². The molecule has 1 aromatic rings. The molecule has 0 fully saturated rings. The Balaban J connectivity index is 2.47. The largest absolute Gasteiger partial charge is 0.393 e. The van der Waals surface area contributed by atoms with E-state index in [-0.39, 0.29) is 6.10 Å². The normalized spacial score (nSPS) is 14.9. The summed E-state index contributed by atoms with van der Waals surface area (Å²) < 4.78 is 0. The molecule has 1 rings (SSSR count). The smallest absolute Gasteiger partial charge is 0.0524 e. The highest BCUT2D eigenvalue weighted by molar-refractivity contribution is 5.28. The van der Waals surface area contributed by atoms with Crippen LogP contribution in [0.15, 0.2) is 24.3 Å². The molecular weight excluding hydrogens is 186 g/mol. The Morgan fingerprint density at radius 1 is 1.27 bits per heavy atom. The van der Waals surface area contributed by atoms with Gasteiger partial charge in [-0.3, -0.25) is 0 Å². The van der Waals surface area contributed by atoms with Crippen LogP contribution in [0.5, 0.6) is 0 Å². The summed E-state index contributed by atoms with van der Waals surface area (Å²) in [5, 5.41) is 12.6. The lowest BCUT2D eigenvalue weighted by molar-refractivity contribution is 0.182. The minimum Gasteiger partial charge on any atom is -0.393 e. The first-order valence-corrected chi connectivity index (χ1v) is 5.58. The molecule has 1 aromatic carbocycles. The maximum atomic E-state index is 9.15. The first-order valence-electron chi connectivity index (χ1n) is 5.58. The van der Waals surface area contributed by atoms with Gasteiger partial charge in [-0.25, -0.2) is 0 Å². The van der Waals surface area contributed by atoms with Crippen LogP contribution in [0.1, 0.15) is 37.4 Å². The van der Waals surface area contributed by atoms with Gasteiger partial charge in [0.15, 0.2) is 0 Å². The molecule has 0 saturated heterocycles. The molecule has 2 heteroatoms. The van der Waals surface area contributed by atoms with Crippen molar-refractivity contribution in [2.75, 3.05) is 6.54 Å². The van der Waals surface area contributed by atoms with Gasteiger partial charge in [0.25, 0.3) is 0 Å². The molecule has 0 unspecified atom stereocenters. The number of aryl methyl sites for hydroxylation is 1. The van der Waals surface area contributed by atoms with Gasteiger partial charge in [0.2, 0.25) is 0 Å². The maximum Gasteiger partial charge on any atom is 0.0524 e. The Kier molecular flexibility index (Phi) is 4.79. The summed E-state index contributed by atoms with van der Waals surface area (Å²) in [5.74, 6) is 0. The van der Waals surface area contributed by atoms with Crippen LogP contribution in [0.25, 0.3) is 0 Å². The third kappa shape index (κ3) is 4.02. The average Bonchev–Trinajstić information content (AvgIpc) is 2.17. The molecule has 0 amide bonds. The van der Waals surface area contributed by atoms with E-state index in [1.807, 2.05) is 6.92 Å². The maximum absolute atomic E-state index is 9.15. The Hall–Kier alpha value is -0.860. The highest BCUT2D eigenvalue weighted by atomic mass is 16.3. The fourth-order valence-corrected chi connectivity index (χ4v) is 1.69. The van der Waals surface area contributed by atoms with Gasteiger partial charge in [-0.05, 0) is 44.9 Å². The summed E-state index contributed by atoms with van der Waals surface area (Å²) in [6.07, 6.45) is 0.581. The molecular formula is C13H21NO. The van der Waals surface area contributed by atoms with Gasteiger partial charge in [-0.1, -0.05) is 24.3 Å². The number of hydrogen-bond acceptors (Lipinski definition) is 2. The number of aliphatic hydroxyl groups excluding tert-OH is 1. The lowest BCUT2D eigenvalue weighted by atomic mass is 10.0. The van der Waals surface area contributed by atoms with Gasteiger partial charge >= 0.3 is 0 Å². The number of rotatable bonds is 5. The summed E-state index contributed by atoms with van der Waals surface area (Å²) in [6.45, 7) is 6.96. The van der Waals surface area contributed by atoms with E-state index in [2.05, 4.69) is 43.4 Å². The van der Waals surface area contributed by atoms with E-state index >= 15 is 0 Å². The van der Waals surface area contributed by atoms with Crippen LogP contribution in [0.4, 0.5) is 0 Å². The van der Waals surface area contributed by atoms with Crippen LogP contribution in [-0.2, 0) is 0 Å². The molecule has 0 bridgehead atoms. The quantitative estimate of drug-likeness (QED) is 0.777. The Morgan fingerprint density at radius 3 is 2.53 bits per heavy atom. The van der Waals surface area contributed by atoms with Crippen molar-refractivity contribution in [1.29, 1.82) is 0 Å². The van der Waals surface area contributed by atoms with Crippen LogP contribution >= 0.6 is 0 Å². The van der Waals surface area contributed by atoms with Crippen LogP contribution in [0.3, 0.4) is 0 Å². The number of nitrogens with one attached hydrogen (secondary N) is 1. The zero-order chi connectivity index (χ0) is 11.3. The third-order valence-electron chi connectivity index (χ3n) is 2.67. The number of hydrogen-bond donors (Lipinski definition) is 2. The van der Waals surface area contributed by atoms with Crippen molar-refractivity contribution in [2.24, 2.45) is 0 Å². The zero-order valence-corrected chi connectivity index (χ0v) is 9.83. The lowest BCUT2D eigenvalue weighted by Gasteiger charge is -2.16. The van der Waals surface area contributed by atoms with Crippen LogP contribution in [0, 0.1) is 6.92 Å². The molecule has 0 aliphatic rings. The lowest BCUT2D eigenvalue weighted by Crippen LogP contribution is -2.23. The van der Waals surface area contributed by atoms with E-state index in [1.54, 1.807) is 0 Å². The van der Waals surface area contributed by atoms with Crippen molar-refractivity contribution >= 4 is 0 Å². The van der Waals surface area contributed by atoms with E-state index < -0.39 is 0 Å². The number of benzene rings is 1. The summed E-state index contributed by atoms with van der Waals surface area (Å²) in [5.41, 5.74) is 2.65.